The van der Waals surface area contributed by atoms with Crippen molar-refractivity contribution < 1.29 is 35.8 Å². The highest BCUT2D eigenvalue weighted by Crippen LogP contribution is 2.17. The molecule has 0 aromatic heterocycles. The smallest absolute Gasteiger partial charge is 0.303 e. The molecule has 0 saturated carbocycles. The van der Waals surface area contributed by atoms with E-state index in [0.717, 1.165) is 25.7 Å². The molecule has 8 nitrogen and oxygen atoms in total. The summed E-state index contributed by atoms with van der Waals surface area (Å²) in [4.78, 5) is 10.3. The molecule has 21 heavy (non-hydrogen) atoms. The fourth-order valence-corrected chi connectivity index (χ4v) is 4.08. The normalized spacial score (nSPS) is 12.7. The summed E-state index contributed by atoms with van der Waals surface area (Å²) in [5.41, 5.74) is 0. The number of rotatable bonds is 12. The Morgan fingerprint density at radius 2 is 1.14 bits per heavy atom. The molecule has 126 valence electrons. The van der Waals surface area contributed by atoms with Crippen molar-refractivity contribution in [1.82, 2.24) is 0 Å². The molecule has 0 radical (unpaired) electrons. The maximum atomic E-state index is 10.8. The van der Waals surface area contributed by atoms with Crippen LogP contribution in [0.2, 0.25) is 0 Å². The zero-order valence-corrected chi connectivity index (χ0v) is 13.3. The average Bonchev–Trinajstić information content (AvgIpc) is 2.27. The van der Waals surface area contributed by atoms with Gasteiger partial charge in [0.1, 0.15) is 0 Å². The van der Waals surface area contributed by atoms with Gasteiger partial charge in [-0.05, 0) is 12.8 Å². The highest BCUT2D eigenvalue weighted by atomic mass is 32.3. The van der Waals surface area contributed by atoms with Gasteiger partial charge < -0.3 is 5.11 Å². The number of carboxylic acids is 1. The van der Waals surface area contributed by atoms with Gasteiger partial charge in [-0.15, -0.1) is 0 Å². The van der Waals surface area contributed by atoms with Crippen molar-refractivity contribution in [1.29, 1.82) is 0 Å². The van der Waals surface area contributed by atoms with Gasteiger partial charge in [-0.3, -0.25) is 13.9 Å². The Labute approximate surface area is 125 Å². The van der Waals surface area contributed by atoms with E-state index in [1.54, 1.807) is 0 Å². The van der Waals surface area contributed by atoms with Crippen LogP contribution in [0.25, 0.3) is 0 Å². The van der Waals surface area contributed by atoms with Crippen LogP contribution in [0.15, 0.2) is 0 Å². The predicted molar refractivity (Wildman–Crippen MR) is 76.1 cm³/mol. The monoisotopic (exact) mass is 346 g/mol. The second-order valence-electron chi connectivity index (χ2n) is 4.87. The maximum absolute atomic E-state index is 10.8. The molecule has 0 aliphatic heterocycles. The second-order valence-corrected chi connectivity index (χ2v) is 8.36. The van der Waals surface area contributed by atoms with Crippen LogP contribution in [0.3, 0.4) is 0 Å². The van der Waals surface area contributed by atoms with E-state index in [2.05, 4.69) is 0 Å². The number of carbonyl (C=O) groups is 1. The lowest BCUT2D eigenvalue weighted by Gasteiger charge is -2.10. The van der Waals surface area contributed by atoms with Gasteiger partial charge in [0.2, 0.25) is 4.58 Å². The quantitative estimate of drug-likeness (QED) is 0.357. The fraction of sp³-hybridized carbons (Fsp3) is 0.909. The van der Waals surface area contributed by atoms with E-state index in [1.165, 1.54) is 0 Å². The summed E-state index contributed by atoms with van der Waals surface area (Å²) in [6.45, 7) is 0. The Balaban J connectivity index is 3.82. The summed E-state index contributed by atoms with van der Waals surface area (Å²) < 4.78 is 58.7. The number of carboxylic acid groups (broad SMARTS) is 1. The van der Waals surface area contributed by atoms with Gasteiger partial charge in [0, 0.05) is 6.42 Å². The van der Waals surface area contributed by atoms with E-state index in [0.29, 0.717) is 12.8 Å². The first-order chi connectivity index (χ1) is 9.55. The van der Waals surface area contributed by atoms with Crippen LogP contribution in [0.4, 0.5) is 0 Å². The first-order valence-corrected chi connectivity index (χ1v) is 9.70. The van der Waals surface area contributed by atoms with Crippen LogP contribution in [0.1, 0.15) is 57.8 Å². The van der Waals surface area contributed by atoms with E-state index in [9.17, 15) is 21.6 Å². The molecule has 0 aliphatic carbocycles. The summed E-state index contributed by atoms with van der Waals surface area (Å²) >= 11 is 0. The van der Waals surface area contributed by atoms with Crippen molar-refractivity contribution >= 4 is 26.2 Å². The number of unbranched alkanes of at least 4 members (excludes halogenated alkanes) is 6. The number of hydrogen-bond donors (Lipinski definition) is 3. The van der Waals surface area contributed by atoms with E-state index in [4.69, 9.17) is 14.2 Å². The molecule has 0 spiro atoms. The molecular weight excluding hydrogens is 324 g/mol. The van der Waals surface area contributed by atoms with E-state index < -0.39 is 30.8 Å². The van der Waals surface area contributed by atoms with Gasteiger partial charge in [0.15, 0.2) is 0 Å². The molecule has 0 heterocycles. The fourth-order valence-electron chi connectivity index (χ4n) is 1.92. The molecule has 0 aromatic carbocycles. The van der Waals surface area contributed by atoms with Crippen molar-refractivity contribution in [3.8, 4) is 0 Å². The minimum Gasteiger partial charge on any atom is -0.481 e. The zero-order chi connectivity index (χ0) is 16.5. The molecule has 0 atom stereocenters. The number of aliphatic carboxylic acids is 1. The molecule has 0 bridgehead atoms. The summed E-state index contributed by atoms with van der Waals surface area (Å²) in [5.74, 6) is -0.823. The van der Waals surface area contributed by atoms with Crippen LogP contribution >= 0.6 is 0 Å². The van der Waals surface area contributed by atoms with Gasteiger partial charge in [0.05, 0.1) is 0 Å². The molecule has 0 saturated heterocycles. The third-order valence-corrected chi connectivity index (χ3v) is 6.25. The lowest BCUT2D eigenvalue weighted by molar-refractivity contribution is -0.137. The molecule has 0 rings (SSSR count). The van der Waals surface area contributed by atoms with Crippen LogP contribution < -0.4 is 0 Å². The zero-order valence-electron chi connectivity index (χ0n) is 11.6. The minimum absolute atomic E-state index is 0.143. The lowest BCUT2D eigenvalue weighted by atomic mass is 10.1. The molecule has 0 fully saturated rings. The average molecular weight is 346 g/mol. The summed E-state index contributed by atoms with van der Waals surface area (Å²) in [5, 5.41) is 8.43. The third-order valence-electron chi connectivity index (χ3n) is 2.99. The molecular formula is C11H22O8S2. The van der Waals surface area contributed by atoms with E-state index >= 15 is 0 Å². The lowest BCUT2D eigenvalue weighted by Crippen LogP contribution is -2.29. The van der Waals surface area contributed by atoms with Gasteiger partial charge in [-0.2, -0.15) is 16.8 Å². The van der Waals surface area contributed by atoms with E-state index in [-0.39, 0.29) is 19.3 Å². The van der Waals surface area contributed by atoms with Crippen molar-refractivity contribution in [3.05, 3.63) is 0 Å². The molecule has 0 aliphatic rings. The van der Waals surface area contributed by atoms with Crippen molar-refractivity contribution in [2.45, 2.75) is 62.4 Å². The van der Waals surface area contributed by atoms with Crippen molar-refractivity contribution in [2.24, 2.45) is 0 Å². The third kappa shape index (κ3) is 10.6. The topological polar surface area (TPSA) is 146 Å². The first kappa shape index (κ1) is 20.3. The highest BCUT2D eigenvalue weighted by Gasteiger charge is 2.34. The van der Waals surface area contributed by atoms with Crippen molar-refractivity contribution in [3.63, 3.8) is 0 Å². The first-order valence-electron chi connectivity index (χ1n) is 6.69. The van der Waals surface area contributed by atoms with Gasteiger partial charge in [-0.1, -0.05) is 38.5 Å². The van der Waals surface area contributed by atoms with Gasteiger partial charge in [0.25, 0.3) is 20.2 Å². The summed E-state index contributed by atoms with van der Waals surface area (Å²) in [6, 6.07) is 0. The highest BCUT2D eigenvalue weighted by molar-refractivity contribution is 8.03. The molecule has 3 N–H and O–H groups in total. The summed E-state index contributed by atoms with van der Waals surface area (Å²) in [7, 11) is -9.66. The number of hydrogen-bond acceptors (Lipinski definition) is 5. The van der Waals surface area contributed by atoms with Crippen LogP contribution in [0.5, 0.6) is 0 Å². The van der Waals surface area contributed by atoms with Crippen LogP contribution in [-0.4, -0.2) is 41.6 Å². The van der Waals surface area contributed by atoms with Gasteiger partial charge in [-0.25, -0.2) is 0 Å². The Bertz CT molecular complexity index is 476. The molecule has 0 unspecified atom stereocenters. The molecule has 0 aromatic rings. The predicted octanol–water partition coefficient (Wildman–Crippen LogP) is 1.68. The Morgan fingerprint density at radius 3 is 1.52 bits per heavy atom. The standard InChI is InChI=1S/C11H22O8S2/c12-10(13)8-6-4-2-1-3-5-7-9-11(20(14,15)16)21(17,18)19/h11H,1-9H2,(H,12,13)(H,14,15,16)(H,17,18,19). The van der Waals surface area contributed by atoms with E-state index in [1.807, 2.05) is 0 Å². The van der Waals surface area contributed by atoms with Crippen LogP contribution in [-0.2, 0) is 25.0 Å². The second kappa shape index (κ2) is 9.34. The largest absolute Gasteiger partial charge is 0.481 e. The molecule has 0 amide bonds. The maximum Gasteiger partial charge on any atom is 0.303 e. The van der Waals surface area contributed by atoms with Crippen molar-refractivity contribution in [2.75, 3.05) is 0 Å². The Morgan fingerprint density at radius 1 is 0.762 bits per heavy atom. The Hall–Kier alpha value is -0.710. The summed E-state index contributed by atoms with van der Waals surface area (Å²) in [6.07, 6.45) is 4.46. The van der Waals surface area contributed by atoms with Crippen LogP contribution in [0, 0.1) is 0 Å². The Kier molecular flexibility index (Phi) is 9.02. The SMILES string of the molecule is O=C(O)CCCCCCCCCC(S(=O)(=O)O)S(=O)(=O)O. The molecule has 10 heteroatoms. The minimum atomic E-state index is -4.83. The van der Waals surface area contributed by atoms with Gasteiger partial charge >= 0.3 is 5.97 Å².